The molecule has 0 atom stereocenters. The highest BCUT2D eigenvalue weighted by molar-refractivity contribution is 6.25. The Hall–Kier alpha value is -2.69. The van der Waals surface area contributed by atoms with E-state index < -0.39 is 5.83 Å². The van der Waals surface area contributed by atoms with Crippen molar-refractivity contribution in [3.05, 3.63) is 41.0 Å². The van der Waals surface area contributed by atoms with Gasteiger partial charge < -0.3 is 16.9 Å². The highest BCUT2D eigenvalue weighted by atomic mass is 35.5. The van der Waals surface area contributed by atoms with Crippen molar-refractivity contribution in [2.45, 2.75) is 25.3 Å². The van der Waals surface area contributed by atoms with Crippen LogP contribution in [-0.2, 0) is 0 Å². The fourth-order valence-corrected chi connectivity index (χ4v) is 3.41. The smallest absolute Gasteiger partial charge is 0.173 e. The number of nitrogens with two attached hydrogens (primary N) is 3. The lowest BCUT2D eigenvalue weighted by atomic mass is 10.0. The molecule has 0 amide bonds. The number of halogens is 2. The summed E-state index contributed by atoms with van der Waals surface area (Å²) >= 11 is 5.37. The number of piperidine rings is 1. The second-order valence-electron chi connectivity index (χ2n) is 6.81. The van der Waals surface area contributed by atoms with Crippen LogP contribution in [0, 0.1) is 0 Å². The summed E-state index contributed by atoms with van der Waals surface area (Å²) in [4.78, 5) is 4.25. The van der Waals surface area contributed by atoms with Gasteiger partial charge in [0, 0.05) is 30.6 Å². The molecule has 156 valence electrons. The largest absolute Gasteiger partial charge is 0.383 e. The normalized spacial score (nSPS) is 18.7. The molecule has 0 spiro atoms. The Morgan fingerprint density at radius 3 is 2.90 bits per heavy atom. The number of amidine groups is 1. The number of hydrogen-bond donors (Lipinski definition) is 4. The van der Waals surface area contributed by atoms with Crippen molar-refractivity contribution in [1.29, 1.82) is 0 Å². The SMILES string of the molecule is N/N=C(/c1cc(C2=CN(C3CCNCC3)N=CC2)cnc1N)N(N)C/C(F)=C/Cl. The molecule has 3 rings (SSSR count). The lowest BCUT2D eigenvalue weighted by Crippen LogP contribution is -2.40. The van der Waals surface area contributed by atoms with Crippen molar-refractivity contribution in [3.8, 4) is 0 Å². The summed E-state index contributed by atoms with van der Waals surface area (Å²) in [5.41, 5.74) is 9.08. The third kappa shape index (κ3) is 5.03. The van der Waals surface area contributed by atoms with Gasteiger partial charge in [-0.15, -0.1) is 0 Å². The number of aromatic nitrogens is 1. The number of nitrogen functional groups attached to an aromatic ring is 1. The lowest BCUT2D eigenvalue weighted by Gasteiger charge is -2.32. The topological polar surface area (TPSA) is 134 Å². The fraction of sp³-hybridized carbons (Fsp3) is 0.389. The standard InChI is InChI=1S/C18H25ClFN9/c19-8-14(20)11-28(23)18(27-22)16-7-13(9-25-17(16)21)12-1-6-26-29(10-12)15-2-4-24-5-3-15/h6-10,15,24H,1-5,11,22-23H2,(H2,21,25)/b14-8-,27-18-. The van der Waals surface area contributed by atoms with E-state index >= 15 is 0 Å². The highest BCUT2D eigenvalue weighted by Gasteiger charge is 2.22. The Kier molecular flexibility index (Phi) is 7.02. The van der Waals surface area contributed by atoms with E-state index in [0.717, 1.165) is 47.6 Å². The number of pyridine rings is 1. The number of hydrogen-bond acceptors (Lipinski definition) is 8. The molecule has 29 heavy (non-hydrogen) atoms. The Morgan fingerprint density at radius 1 is 1.45 bits per heavy atom. The second kappa shape index (κ2) is 9.68. The predicted molar refractivity (Wildman–Crippen MR) is 114 cm³/mol. The Morgan fingerprint density at radius 2 is 2.21 bits per heavy atom. The number of nitrogens with one attached hydrogen (secondary N) is 1. The van der Waals surface area contributed by atoms with Crippen LogP contribution in [-0.4, -0.2) is 52.7 Å². The van der Waals surface area contributed by atoms with Crippen molar-refractivity contribution in [2.24, 2.45) is 21.9 Å². The van der Waals surface area contributed by atoms with Crippen LogP contribution in [0.15, 0.2) is 40.0 Å². The van der Waals surface area contributed by atoms with Gasteiger partial charge in [0.1, 0.15) is 11.6 Å². The zero-order chi connectivity index (χ0) is 20.8. The third-order valence-electron chi connectivity index (χ3n) is 4.86. The Labute approximate surface area is 173 Å². The first-order valence-electron chi connectivity index (χ1n) is 9.26. The third-order valence-corrected chi connectivity index (χ3v) is 5.10. The number of rotatable bonds is 5. The van der Waals surface area contributed by atoms with Crippen molar-refractivity contribution in [2.75, 3.05) is 25.4 Å². The van der Waals surface area contributed by atoms with Gasteiger partial charge in [0.2, 0.25) is 0 Å². The number of hydrazone groups is 2. The summed E-state index contributed by atoms with van der Waals surface area (Å²) in [5, 5.41) is 14.6. The van der Waals surface area contributed by atoms with Gasteiger partial charge in [-0.05, 0) is 43.1 Å². The van der Waals surface area contributed by atoms with E-state index in [2.05, 4.69) is 20.5 Å². The van der Waals surface area contributed by atoms with Crippen molar-refractivity contribution in [1.82, 2.24) is 20.3 Å². The number of allylic oxidation sites excluding steroid dienone is 1. The molecule has 1 fully saturated rings. The minimum absolute atomic E-state index is 0.103. The molecule has 0 saturated carbocycles. The van der Waals surface area contributed by atoms with E-state index in [1.54, 1.807) is 12.3 Å². The maximum absolute atomic E-state index is 13.5. The molecule has 0 radical (unpaired) electrons. The number of anilines is 1. The molecule has 3 heterocycles. The molecule has 2 aliphatic heterocycles. The van der Waals surface area contributed by atoms with Crippen molar-refractivity contribution < 1.29 is 4.39 Å². The molecule has 1 aromatic rings. The summed E-state index contributed by atoms with van der Waals surface area (Å²) in [6.07, 6.45) is 8.29. The van der Waals surface area contributed by atoms with Gasteiger partial charge in [-0.1, -0.05) is 11.6 Å². The van der Waals surface area contributed by atoms with E-state index in [1.807, 2.05) is 17.4 Å². The average molecular weight is 422 g/mol. The van der Waals surface area contributed by atoms with Crippen LogP contribution >= 0.6 is 11.6 Å². The zero-order valence-corrected chi connectivity index (χ0v) is 16.7. The molecule has 0 bridgehead atoms. The van der Waals surface area contributed by atoms with E-state index in [0.29, 0.717) is 18.0 Å². The second-order valence-corrected chi connectivity index (χ2v) is 7.03. The predicted octanol–water partition coefficient (Wildman–Crippen LogP) is 1.29. The van der Waals surface area contributed by atoms with Gasteiger partial charge in [0.15, 0.2) is 5.84 Å². The van der Waals surface area contributed by atoms with E-state index in [4.69, 9.17) is 29.0 Å². The molecular formula is C18H25ClFN9. The first-order chi connectivity index (χ1) is 14.0. The monoisotopic (exact) mass is 421 g/mol. The van der Waals surface area contributed by atoms with Crippen LogP contribution in [0.2, 0.25) is 0 Å². The van der Waals surface area contributed by atoms with Gasteiger partial charge in [0.05, 0.1) is 18.2 Å². The molecule has 9 nitrogen and oxygen atoms in total. The van der Waals surface area contributed by atoms with Crippen LogP contribution in [0.4, 0.5) is 10.2 Å². The van der Waals surface area contributed by atoms with Crippen LogP contribution in [0.1, 0.15) is 30.4 Å². The van der Waals surface area contributed by atoms with Crippen LogP contribution in [0.25, 0.3) is 5.57 Å². The Bertz CT molecular complexity index is 846. The number of hydrazine groups is 1. The molecule has 1 aromatic heterocycles. The van der Waals surface area contributed by atoms with Crippen LogP contribution in [0.5, 0.6) is 0 Å². The van der Waals surface area contributed by atoms with Crippen LogP contribution in [0.3, 0.4) is 0 Å². The molecule has 0 aliphatic carbocycles. The van der Waals surface area contributed by atoms with Gasteiger partial charge in [0.25, 0.3) is 0 Å². The molecular weight excluding hydrogens is 397 g/mol. The molecule has 0 unspecified atom stereocenters. The minimum atomic E-state index is -0.637. The maximum atomic E-state index is 13.5. The summed E-state index contributed by atoms with van der Waals surface area (Å²) < 4.78 is 13.5. The first kappa shape index (κ1) is 21.0. The van der Waals surface area contributed by atoms with Crippen molar-refractivity contribution >= 4 is 35.0 Å². The van der Waals surface area contributed by atoms with Gasteiger partial charge in [-0.2, -0.15) is 10.2 Å². The molecule has 11 heteroatoms. The zero-order valence-electron chi connectivity index (χ0n) is 15.9. The van der Waals surface area contributed by atoms with E-state index in [9.17, 15) is 4.39 Å². The summed E-state index contributed by atoms with van der Waals surface area (Å²) in [6, 6.07) is 2.15. The lowest BCUT2D eigenvalue weighted by molar-refractivity contribution is 0.233. The molecule has 0 aromatic carbocycles. The van der Waals surface area contributed by atoms with Gasteiger partial charge in [-0.25, -0.2) is 15.2 Å². The maximum Gasteiger partial charge on any atom is 0.173 e. The summed E-state index contributed by atoms with van der Waals surface area (Å²) in [6.45, 7) is 1.65. The minimum Gasteiger partial charge on any atom is -0.383 e. The van der Waals surface area contributed by atoms with Crippen molar-refractivity contribution in [3.63, 3.8) is 0 Å². The Balaban J connectivity index is 1.87. The summed E-state index contributed by atoms with van der Waals surface area (Å²) in [5.74, 6) is 11.1. The van der Waals surface area contributed by atoms with E-state index in [-0.39, 0.29) is 18.2 Å². The molecule has 1 saturated heterocycles. The number of nitrogens with zero attached hydrogens (tertiary/aromatic N) is 5. The molecule has 2 aliphatic rings. The van der Waals surface area contributed by atoms with Crippen LogP contribution < -0.4 is 22.7 Å². The van der Waals surface area contributed by atoms with Gasteiger partial charge in [-0.3, -0.25) is 10.0 Å². The average Bonchev–Trinajstić information content (AvgIpc) is 2.76. The quantitative estimate of drug-likeness (QED) is 0.243. The first-order valence-corrected chi connectivity index (χ1v) is 9.70. The fourth-order valence-electron chi connectivity index (χ4n) is 3.34. The summed E-state index contributed by atoms with van der Waals surface area (Å²) in [7, 11) is 0. The molecule has 7 N–H and O–H groups in total. The highest BCUT2D eigenvalue weighted by Crippen LogP contribution is 2.26. The van der Waals surface area contributed by atoms with E-state index in [1.165, 1.54) is 0 Å². The van der Waals surface area contributed by atoms with Gasteiger partial charge >= 0.3 is 0 Å².